The van der Waals surface area contributed by atoms with Crippen LogP contribution in [0.3, 0.4) is 0 Å². The molecule has 7 nitrogen and oxygen atoms in total. The van der Waals surface area contributed by atoms with E-state index in [0.717, 1.165) is 4.68 Å². The predicted octanol–water partition coefficient (Wildman–Crippen LogP) is 0.798. The van der Waals surface area contributed by atoms with Crippen LogP contribution in [-0.2, 0) is 13.1 Å². The van der Waals surface area contributed by atoms with E-state index in [0.29, 0.717) is 23.9 Å². The molecule has 0 bridgehead atoms. The summed E-state index contributed by atoms with van der Waals surface area (Å²) in [5, 5.41) is 15.6. The molecule has 0 aliphatic carbocycles. The highest BCUT2D eigenvalue weighted by molar-refractivity contribution is 6.32. The number of aliphatic hydroxyl groups excluding tert-OH is 1. The number of hydrogen-bond donors (Lipinski definition) is 2. The van der Waals surface area contributed by atoms with Crippen molar-refractivity contribution in [2.24, 2.45) is 0 Å². The quantitative estimate of drug-likeness (QED) is 0.843. The number of rotatable bonds is 5. The van der Waals surface area contributed by atoms with Gasteiger partial charge in [-0.05, 0) is 6.92 Å². The summed E-state index contributed by atoms with van der Waals surface area (Å²) in [7, 11) is 0. The molecule has 2 aromatic heterocycles. The molecular weight excluding hydrogens is 272 g/mol. The van der Waals surface area contributed by atoms with Gasteiger partial charge in [-0.2, -0.15) is 5.10 Å². The molecule has 19 heavy (non-hydrogen) atoms. The lowest BCUT2D eigenvalue weighted by molar-refractivity contribution is 0.266. The number of anilines is 1. The maximum atomic E-state index is 11.8. The van der Waals surface area contributed by atoms with E-state index < -0.39 is 5.56 Å². The van der Waals surface area contributed by atoms with Gasteiger partial charge >= 0.3 is 0 Å². The Kier molecular flexibility index (Phi) is 4.18. The Morgan fingerprint density at radius 3 is 2.95 bits per heavy atom. The van der Waals surface area contributed by atoms with Crippen molar-refractivity contribution >= 4 is 17.3 Å². The lowest BCUT2D eigenvalue weighted by Crippen LogP contribution is -2.25. The highest BCUT2D eigenvalue weighted by Crippen LogP contribution is 2.16. The molecule has 2 heterocycles. The Morgan fingerprint density at radius 2 is 2.32 bits per heavy atom. The van der Waals surface area contributed by atoms with E-state index in [1.807, 2.05) is 0 Å². The summed E-state index contributed by atoms with van der Waals surface area (Å²) in [6.45, 7) is 2.03. The largest absolute Gasteiger partial charge is 0.444 e. The zero-order chi connectivity index (χ0) is 13.8. The van der Waals surface area contributed by atoms with Gasteiger partial charge in [0.2, 0.25) is 5.89 Å². The zero-order valence-electron chi connectivity index (χ0n) is 10.3. The van der Waals surface area contributed by atoms with Crippen LogP contribution >= 0.6 is 11.6 Å². The van der Waals surface area contributed by atoms with E-state index >= 15 is 0 Å². The van der Waals surface area contributed by atoms with Gasteiger partial charge in [-0.25, -0.2) is 9.67 Å². The molecule has 0 spiro atoms. The van der Waals surface area contributed by atoms with E-state index in [2.05, 4.69) is 15.4 Å². The minimum Gasteiger partial charge on any atom is -0.444 e. The van der Waals surface area contributed by atoms with E-state index in [1.54, 1.807) is 13.1 Å². The number of aryl methyl sites for hydroxylation is 1. The summed E-state index contributed by atoms with van der Waals surface area (Å²) < 4.78 is 6.38. The molecule has 0 radical (unpaired) electrons. The molecule has 0 unspecified atom stereocenters. The SMILES string of the molecule is Cc1cnc(CNc2cnn(CCO)c(=O)c2Cl)o1. The van der Waals surface area contributed by atoms with Gasteiger partial charge in [-0.15, -0.1) is 0 Å². The number of halogens is 1. The summed E-state index contributed by atoms with van der Waals surface area (Å²) in [6, 6.07) is 0. The predicted molar refractivity (Wildman–Crippen MR) is 69.2 cm³/mol. The minimum absolute atomic E-state index is 0.0201. The van der Waals surface area contributed by atoms with Crippen molar-refractivity contribution in [3.63, 3.8) is 0 Å². The molecule has 0 aromatic carbocycles. The fourth-order valence-electron chi connectivity index (χ4n) is 1.50. The maximum absolute atomic E-state index is 11.8. The van der Waals surface area contributed by atoms with Crippen LogP contribution in [0.4, 0.5) is 5.69 Å². The number of oxazole rings is 1. The second kappa shape index (κ2) is 5.85. The van der Waals surface area contributed by atoms with Crippen molar-refractivity contribution in [1.29, 1.82) is 0 Å². The first-order valence-electron chi connectivity index (χ1n) is 5.63. The fraction of sp³-hybridized carbons (Fsp3) is 0.364. The molecule has 102 valence electrons. The van der Waals surface area contributed by atoms with Gasteiger partial charge in [0.1, 0.15) is 10.8 Å². The van der Waals surface area contributed by atoms with E-state index in [1.165, 1.54) is 6.20 Å². The molecule has 0 aliphatic rings. The molecule has 8 heteroatoms. The number of aliphatic hydroxyl groups is 1. The molecule has 0 fully saturated rings. The number of hydrogen-bond acceptors (Lipinski definition) is 6. The van der Waals surface area contributed by atoms with Crippen molar-refractivity contribution in [2.75, 3.05) is 11.9 Å². The fourth-order valence-corrected chi connectivity index (χ4v) is 1.71. The monoisotopic (exact) mass is 284 g/mol. The molecule has 2 aromatic rings. The van der Waals surface area contributed by atoms with Gasteiger partial charge in [0, 0.05) is 0 Å². The number of nitrogens with zero attached hydrogens (tertiary/aromatic N) is 3. The van der Waals surface area contributed by atoms with Crippen LogP contribution < -0.4 is 10.9 Å². The van der Waals surface area contributed by atoms with Crippen LogP contribution in [0.2, 0.25) is 5.02 Å². The Bertz CT molecular complexity index is 623. The van der Waals surface area contributed by atoms with Gasteiger partial charge in [0.25, 0.3) is 5.56 Å². The average molecular weight is 285 g/mol. The van der Waals surface area contributed by atoms with E-state index in [-0.39, 0.29) is 18.2 Å². The standard InChI is InChI=1S/C11H13ClN4O3/c1-7-4-14-9(19-7)6-13-8-5-15-16(2-3-17)11(18)10(8)12/h4-5,13,17H,2-3,6H2,1H3. The molecule has 0 aliphatic heterocycles. The molecule has 0 amide bonds. The molecule has 2 N–H and O–H groups in total. The van der Waals surface area contributed by atoms with Crippen molar-refractivity contribution in [2.45, 2.75) is 20.0 Å². The van der Waals surface area contributed by atoms with Crippen molar-refractivity contribution in [3.8, 4) is 0 Å². The Hall–Kier alpha value is -1.86. The summed E-state index contributed by atoms with van der Waals surface area (Å²) in [5.74, 6) is 1.20. The first kappa shape index (κ1) is 13.6. The van der Waals surface area contributed by atoms with Crippen molar-refractivity contribution in [1.82, 2.24) is 14.8 Å². The van der Waals surface area contributed by atoms with Gasteiger partial charge in [0.15, 0.2) is 0 Å². The van der Waals surface area contributed by atoms with Crippen LogP contribution in [-0.4, -0.2) is 26.5 Å². The molecule has 0 atom stereocenters. The zero-order valence-corrected chi connectivity index (χ0v) is 11.0. The first-order valence-corrected chi connectivity index (χ1v) is 6.01. The highest BCUT2D eigenvalue weighted by Gasteiger charge is 2.09. The summed E-state index contributed by atoms with van der Waals surface area (Å²) in [4.78, 5) is 15.8. The Morgan fingerprint density at radius 1 is 1.53 bits per heavy atom. The topological polar surface area (TPSA) is 93.2 Å². The second-order valence-electron chi connectivity index (χ2n) is 3.84. The van der Waals surface area contributed by atoms with Crippen LogP contribution in [0.1, 0.15) is 11.7 Å². The smallest absolute Gasteiger partial charge is 0.287 e. The molecular formula is C11H13ClN4O3. The lowest BCUT2D eigenvalue weighted by Gasteiger charge is -2.08. The molecule has 0 saturated heterocycles. The lowest BCUT2D eigenvalue weighted by atomic mass is 10.4. The van der Waals surface area contributed by atoms with Crippen LogP contribution in [0.5, 0.6) is 0 Å². The third-order valence-corrected chi connectivity index (χ3v) is 2.76. The van der Waals surface area contributed by atoms with Gasteiger partial charge in [-0.1, -0.05) is 11.6 Å². The highest BCUT2D eigenvalue weighted by atomic mass is 35.5. The number of aromatic nitrogens is 3. The van der Waals surface area contributed by atoms with Crippen LogP contribution in [0.15, 0.2) is 21.6 Å². The van der Waals surface area contributed by atoms with Gasteiger partial charge in [0.05, 0.1) is 37.8 Å². The Labute approximate surface area is 113 Å². The van der Waals surface area contributed by atoms with E-state index in [9.17, 15) is 4.79 Å². The maximum Gasteiger partial charge on any atom is 0.287 e. The second-order valence-corrected chi connectivity index (χ2v) is 4.22. The number of nitrogens with one attached hydrogen (secondary N) is 1. The van der Waals surface area contributed by atoms with Crippen LogP contribution in [0, 0.1) is 6.92 Å². The van der Waals surface area contributed by atoms with Crippen molar-refractivity contribution in [3.05, 3.63) is 39.4 Å². The normalized spacial score (nSPS) is 10.7. The van der Waals surface area contributed by atoms with Gasteiger partial charge in [-0.3, -0.25) is 4.79 Å². The third kappa shape index (κ3) is 3.12. The average Bonchev–Trinajstić information content (AvgIpc) is 2.80. The molecule has 2 rings (SSSR count). The van der Waals surface area contributed by atoms with Crippen LogP contribution in [0.25, 0.3) is 0 Å². The third-order valence-electron chi connectivity index (χ3n) is 2.40. The summed E-state index contributed by atoms with van der Waals surface area (Å²) in [6.07, 6.45) is 3.03. The summed E-state index contributed by atoms with van der Waals surface area (Å²) in [5.41, 5.74) is -0.0546. The Balaban J connectivity index is 2.13. The van der Waals surface area contributed by atoms with E-state index in [4.69, 9.17) is 21.1 Å². The molecule has 0 saturated carbocycles. The van der Waals surface area contributed by atoms with Gasteiger partial charge < -0.3 is 14.8 Å². The summed E-state index contributed by atoms with van der Waals surface area (Å²) >= 11 is 5.94. The van der Waals surface area contributed by atoms with Crippen molar-refractivity contribution < 1.29 is 9.52 Å². The minimum atomic E-state index is -0.454. The first-order chi connectivity index (χ1) is 9.11.